The Kier molecular flexibility index (Phi) is 3.27. The van der Waals surface area contributed by atoms with E-state index in [-0.39, 0.29) is 5.78 Å². The summed E-state index contributed by atoms with van der Waals surface area (Å²) in [7, 11) is 0. The van der Waals surface area contributed by atoms with Gasteiger partial charge in [-0.05, 0) is 42.2 Å². The molecule has 1 aromatic heterocycles. The summed E-state index contributed by atoms with van der Waals surface area (Å²) in [6.07, 6.45) is 5.97. The molecule has 1 aromatic carbocycles. The van der Waals surface area contributed by atoms with E-state index in [2.05, 4.69) is 16.4 Å². The minimum absolute atomic E-state index is 0.187. The summed E-state index contributed by atoms with van der Waals surface area (Å²) >= 11 is 0. The van der Waals surface area contributed by atoms with Crippen LogP contribution in [0.4, 0.5) is 5.69 Å². The van der Waals surface area contributed by atoms with Crippen molar-refractivity contribution in [2.45, 2.75) is 19.3 Å². The summed E-state index contributed by atoms with van der Waals surface area (Å²) in [5, 5.41) is 3.36. The van der Waals surface area contributed by atoms with Crippen molar-refractivity contribution in [3.63, 3.8) is 0 Å². The topological polar surface area (TPSA) is 42.0 Å². The largest absolute Gasteiger partial charge is 0.385 e. The smallest absolute Gasteiger partial charge is 0.167 e. The lowest BCUT2D eigenvalue weighted by atomic mass is 9.93. The molecule has 1 aliphatic rings. The number of carbonyl (C=O) groups is 1. The molecule has 0 saturated heterocycles. The summed E-state index contributed by atoms with van der Waals surface area (Å²) in [6.45, 7) is 0.995. The van der Waals surface area contributed by atoms with Crippen LogP contribution in [0.15, 0.2) is 42.7 Å². The van der Waals surface area contributed by atoms with E-state index in [1.54, 1.807) is 12.4 Å². The number of Topliss-reactive ketones (excluding diaryl/α,β-unsaturated/α-hetero) is 1. The number of hydrogen-bond acceptors (Lipinski definition) is 3. The SMILES string of the molecule is O=C(Cc1ccncc1)c1cccc2c1CCCN2. The van der Waals surface area contributed by atoms with Gasteiger partial charge in [-0.3, -0.25) is 9.78 Å². The predicted octanol–water partition coefficient (Wildman–Crippen LogP) is 2.87. The second kappa shape index (κ2) is 5.22. The third-order valence-electron chi connectivity index (χ3n) is 3.51. The molecule has 3 nitrogen and oxygen atoms in total. The third-order valence-corrected chi connectivity index (χ3v) is 3.51. The number of hydrogen-bond donors (Lipinski definition) is 1. The summed E-state index contributed by atoms with van der Waals surface area (Å²) in [4.78, 5) is 16.4. The molecule has 2 heterocycles. The Labute approximate surface area is 112 Å². The van der Waals surface area contributed by atoms with E-state index in [4.69, 9.17) is 0 Å². The van der Waals surface area contributed by atoms with Crippen molar-refractivity contribution in [1.29, 1.82) is 0 Å². The number of nitrogens with one attached hydrogen (secondary N) is 1. The first kappa shape index (κ1) is 11.9. The lowest BCUT2D eigenvalue weighted by molar-refractivity contribution is 0.0992. The van der Waals surface area contributed by atoms with E-state index >= 15 is 0 Å². The fourth-order valence-corrected chi connectivity index (χ4v) is 2.55. The number of benzene rings is 1. The fourth-order valence-electron chi connectivity index (χ4n) is 2.55. The van der Waals surface area contributed by atoms with E-state index in [0.29, 0.717) is 6.42 Å². The molecule has 0 fully saturated rings. The molecule has 0 atom stereocenters. The molecule has 1 N–H and O–H groups in total. The van der Waals surface area contributed by atoms with Gasteiger partial charge in [0, 0.05) is 36.6 Å². The van der Waals surface area contributed by atoms with E-state index in [1.807, 2.05) is 24.3 Å². The van der Waals surface area contributed by atoms with Gasteiger partial charge >= 0.3 is 0 Å². The highest BCUT2D eigenvalue weighted by molar-refractivity contribution is 6.00. The number of aromatic nitrogens is 1. The van der Waals surface area contributed by atoms with E-state index in [1.165, 1.54) is 5.56 Å². The minimum Gasteiger partial charge on any atom is -0.385 e. The van der Waals surface area contributed by atoms with Gasteiger partial charge in [-0.1, -0.05) is 12.1 Å². The third kappa shape index (κ3) is 2.50. The number of carbonyl (C=O) groups excluding carboxylic acids is 1. The van der Waals surface area contributed by atoms with Gasteiger partial charge in [-0.2, -0.15) is 0 Å². The number of nitrogens with zero attached hydrogens (tertiary/aromatic N) is 1. The van der Waals surface area contributed by atoms with Crippen LogP contribution in [0.5, 0.6) is 0 Å². The van der Waals surface area contributed by atoms with Gasteiger partial charge in [0.2, 0.25) is 0 Å². The second-order valence-corrected chi connectivity index (χ2v) is 4.82. The number of anilines is 1. The molecule has 0 amide bonds. The van der Waals surface area contributed by atoms with Crippen LogP contribution in [0.2, 0.25) is 0 Å². The van der Waals surface area contributed by atoms with Gasteiger partial charge in [-0.25, -0.2) is 0 Å². The summed E-state index contributed by atoms with van der Waals surface area (Å²) in [5.41, 5.74) is 4.17. The monoisotopic (exact) mass is 252 g/mol. The number of pyridine rings is 1. The Bertz CT molecular complexity index is 593. The van der Waals surface area contributed by atoms with Crippen molar-refractivity contribution in [1.82, 2.24) is 4.98 Å². The molecule has 0 radical (unpaired) electrons. The Morgan fingerprint density at radius 1 is 1.21 bits per heavy atom. The molecular weight excluding hydrogens is 236 g/mol. The lowest BCUT2D eigenvalue weighted by Gasteiger charge is -2.20. The molecule has 0 spiro atoms. The molecular formula is C16H16N2O. The van der Waals surface area contributed by atoms with Crippen LogP contribution >= 0.6 is 0 Å². The summed E-state index contributed by atoms with van der Waals surface area (Å²) < 4.78 is 0. The van der Waals surface area contributed by atoms with Crippen molar-refractivity contribution < 1.29 is 4.79 Å². The molecule has 0 aliphatic carbocycles. The van der Waals surface area contributed by atoms with Gasteiger partial charge in [0.15, 0.2) is 5.78 Å². The second-order valence-electron chi connectivity index (χ2n) is 4.82. The van der Waals surface area contributed by atoms with Crippen molar-refractivity contribution in [2.24, 2.45) is 0 Å². The molecule has 3 rings (SSSR count). The first-order chi connectivity index (χ1) is 9.34. The van der Waals surface area contributed by atoms with E-state index in [9.17, 15) is 4.79 Å². The normalized spacial score (nSPS) is 13.5. The summed E-state index contributed by atoms with van der Waals surface area (Å²) in [5.74, 6) is 0.187. The zero-order valence-corrected chi connectivity index (χ0v) is 10.7. The first-order valence-electron chi connectivity index (χ1n) is 6.62. The molecule has 2 aromatic rings. The van der Waals surface area contributed by atoms with Gasteiger partial charge in [0.05, 0.1) is 0 Å². The first-order valence-corrected chi connectivity index (χ1v) is 6.62. The zero-order valence-electron chi connectivity index (χ0n) is 10.7. The van der Waals surface area contributed by atoms with Crippen LogP contribution in [0, 0.1) is 0 Å². The standard InChI is InChI=1S/C16H16N2O/c19-16(11-12-6-9-17-10-7-12)14-3-1-5-15-13(14)4-2-8-18-15/h1,3,5-7,9-10,18H,2,4,8,11H2. The number of rotatable bonds is 3. The fraction of sp³-hybridized carbons (Fsp3) is 0.250. The van der Waals surface area contributed by atoms with Crippen molar-refractivity contribution in [3.8, 4) is 0 Å². The Morgan fingerprint density at radius 3 is 2.89 bits per heavy atom. The number of fused-ring (bicyclic) bond motifs is 1. The molecule has 0 unspecified atom stereocenters. The maximum atomic E-state index is 12.4. The van der Waals surface area contributed by atoms with Crippen molar-refractivity contribution >= 4 is 11.5 Å². The highest BCUT2D eigenvalue weighted by atomic mass is 16.1. The van der Waals surface area contributed by atoms with Crippen LogP contribution < -0.4 is 5.32 Å². The van der Waals surface area contributed by atoms with Crippen LogP contribution in [0.25, 0.3) is 0 Å². The van der Waals surface area contributed by atoms with Crippen LogP contribution in [-0.2, 0) is 12.8 Å². The van der Waals surface area contributed by atoms with Crippen molar-refractivity contribution in [3.05, 3.63) is 59.4 Å². The summed E-state index contributed by atoms with van der Waals surface area (Å²) in [6, 6.07) is 9.74. The quantitative estimate of drug-likeness (QED) is 0.854. The average molecular weight is 252 g/mol. The molecule has 0 bridgehead atoms. The average Bonchev–Trinajstić information content (AvgIpc) is 2.47. The van der Waals surface area contributed by atoms with Gasteiger partial charge in [0.1, 0.15) is 0 Å². The Hall–Kier alpha value is -2.16. The molecule has 0 saturated carbocycles. The van der Waals surface area contributed by atoms with E-state index < -0.39 is 0 Å². The minimum atomic E-state index is 0.187. The maximum Gasteiger partial charge on any atom is 0.167 e. The maximum absolute atomic E-state index is 12.4. The Morgan fingerprint density at radius 2 is 2.05 bits per heavy atom. The zero-order chi connectivity index (χ0) is 13.1. The van der Waals surface area contributed by atoms with Gasteiger partial charge in [0.25, 0.3) is 0 Å². The lowest BCUT2D eigenvalue weighted by Crippen LogP contribution is -2.16. The van der Waals surface area contributed by atoms with Crippen LogP contribution in [-0.4, -0.2) is 17.3 Å². The predicted molar refractivity (Wildman–Crippen MR) is 75.5 cm³/mol. The van der Waals surface area contributed by atoms with Crippen molar-refractivity contribution in [2.75, 3.05) is 11.9 Å². The van der Waals surface area contributed by atoms with Crippen LogP contribution in [0.3, 0.4) is 0 Å². The molecule has 19 heavy (non-hydrogen) atoms. The number of ketones is 1. The highest BCUT2D eigenvalue weighted by Crippen LogP contribution is 2.26. The molecule has 3 heteroatoms. The van der Waals surface area contributed by atoms with Crippen LogP contribution in [0.1, 0.15) is 27.9 Å². The van der Waals surface area contributed by atoms with Gasteiger partial charge < -0.3 is 5.32 Å². The van der Waals surface area contributed by atoms with E-state index in [0.717, 1.165) is 36.2 Å². The molecule has 1 aliphatic heterocycles. The van der Waals surface area contributed by atoms with Gasteiger partial charge in [-0.15, -0.1) is 0 Å². The Balaban J connectivity index is 1.88. The molecule has 96 valence electrons. The highest BCUT2D eigenvalue weighted by Gasteiger charge is 2.17.